The number of imidazole rings is 1. The second-order valence-corrected chi connectivity index (χ2v) is 7.14. The predicted molar refractivity (Wildman–Crippen MR) is 98.8 cm³/mol. The van der Waals surface area contributed by atoms with E-state index < -0.39 is 0 Å². The van der Waals surface area contributed by atoms with Gasteiger partial charge in [-0.15, -0.1) is 0 Å². The number of nitrogens with zero attached hydrogens (tertiary/aromatic N) is 5. The fraction of sp³-hybridized carbons (Fsp3) is 0.368. The van der Waals surface area contributed by atoms with Crippen molar-refractivity contribution in [2.75, 3.05) is 18.0 Å². The second-order valence-electron chi connectivity index (χ2n) is 7.14. The van der Waals surface area contributed by atoms with E-state index in [1.807, 2.05) is 36.2 Å². The van der Waals surface area contributed by atoms with Crippen LogP contribution in [0.2, 0.25) is 0 Å². The monoisotopic (exact) mass is 348 g/mol. The predicted octanol–water partition coefficient (Wildman–Crippen LogP) is 2.14. The molecule has 5 heterocycles. The summed E-state index contributed by atoms with van der Waals surface area (Å²) in [7, 11) is 0. The molecule has 0 aliphatic carbocycles. The van der Waals surface area contributed by atoms with Crippen molar-refractivity contribution in [2.45, 2.75) is 31.8 Å². The van der Waals surface area contributed by atoms with E-state index >= 15 is 0 Å². The van der Waals surface area contributed by atoms with Gasteiger partial charge in [0.2, 0.25) is 6.41 Å². The number of hydrogen-bond acceptors (Lipinski definition) is 5. The topological polar surface area (TPSA) is 78.0 Å². The molecular weight excluding hydrogens is 328 g/mol. The normalized spacial score (nSPS) is 22.2. The molecule has 7 heteroatoms. The van der Waals surface area contributed by atoms with Crippen molar-refractivity contribution in [3.05, 3.63) is 36.3 Å². The Bertz CT molecular complexity index is 969. The van der Waals surface area contributed by atoms with Gasteiger partial charge in [-0.25, -0.2) is 9.97 Å². The van der Waals surface area contributed by atoms with E-state index in [1.165, 1.54) is 0 Å². The summed E-state index contributed by atoms with van der Waals surface area (Å²) in [6, 6.07) is 6.62. The molecule has 5 rings (SSSR count). The molecule has 2 bridgehead atoms. The summed E-state index contributed by atoms with van der Waals surface area (Å²) >= 11 is 0. The molecule has 0 aromatic carbocycles. The number of carbonyl (C=O) groups is 1. The highest BCUT2D eigenvalue weighted by Gasteiger charge is 2.39. The Morgan fingerprint density at radius 3 is 2.65 bits per heavy atom. The standard InChI is InChI=1S/C19H20N6O/c1-12-8-13(4-6-20-12)18-22-17-16(5-7-21-19(17)23-18)24-9-14-2-3-15(10-24)25(14)11-26/h4-8,11,14-15H,2-3,9-10H2,1H3,(H,21,22,23). The number of aromatic nitrogens is 4. The van der Waals surface area contributed by atoms with Crippen molar-refractivity contribution in [1.82, 2.24) is 24.8 Å². The number of fused-ring (bicyclic) bond motifs is 3. The summed E-state index contributed by atoms with van der Waals surface area (Å²) in [4.78, 5) is 32.5. The Morgan fingerprint density at radius 2 is 1.92 bits per heavy atom. The van der Waals surface area contributed by atoms with Crippen LogP contribution in [-0.2, 0) is 4.79 Å². The first kappa shape index (κ1) is 15.3. The van der Waals surface area contributed by atoms with Gasteiger partial charge in [-0.3, -0.25) is 9.78 Å². The van der Waals surface area contributed by atoms with Crippen LogP contribution >= 0.6 is 0 Å². The molecule has 2 saturated heterocycles. The van der Waals surface area contributed by atoms with Crippen LogP contribution in [0.3, 0.4) is 0 Å². The molecular formula is C19H20N6O. The maximum Gasteiger partial charge on any atom is 0.210 e. The third kappa shape index (κ3) is 2.34. The second kappa shape index (κ2) is 5.79. The van der Waals surface area contributed by atoms with E-state index in [0.717, 1.165) is 66.3 Å². The van der Waals surface area contributed by atoms with Gasteiger partial charge in [-0.1, -0.05) is 0 Å². The van der Waals surface area contributed by atoms with Crippen LogP contribution in [0.4, 0.5) is 5.69 Å². The number of amides is 1. The van der Waals surface area contributed by atoms with E-state index in [9.17, 15) is 4.79 Å². The Morgan fingerprint density at radius 1 is 1.15 bits per heavy atom. The fourth-order valence-electron chi connectivity index (χ4n) is 4.30. The number of hydrogen-bond donors (Lipinski definition) is 1. The number of carbonyl (C=O) groups excluding carboxylic acids is 1. The lowest BCUT2D eigenvalue weighted by atomic mass is 10.2. The molecule has 2 aliphatic heterocycles. The van der Waals surface area contributed by atoms with Crippen molar-refractivity contribution < 1.29 is 4.79 Å². The number of H-pyrrole nitrogens is 1. The van der Waals surface area contributed by atoms with Gasteiger partial charge < -0.3 is 14.8 Å². The van der Waals surface area contributed by atoms with E-state index in [2.05, 4.69) is 24.8 Å². The lowest BCUT2D eigenvalue weighted by molar-refractivity contribution is -0.121. The maximum absolute atomic E-state index is 11.3. The van der Waals surface area contributed by atoms with Gasteiger partial charge >= 0.3 is 0 Å². The van der Waals surface area contributed by atoms with Crippen LogP contribution in [0.1, 0.15) is 18.5 Å². The van der Waals surface area contributed by atoms with Gasteiger partial charge in [0.1, 0.15) is 11.3 Å². The van der Waals surface area contributed by atoms with Gasteiger partial charge in [0.25, 0.3) is 0 Å². The molecule has 2 unspecified atom stereocenters. The zero-order chi connectivity index (χ0) is 17.7. The first-order chi connectivity index (χ1) is 12.7. The highest BCUT2D eigenvalue weighted by molar-refractivity contribution is 5.88. The third-order valence-corrected chi connectivity index (χ3v) is 5.54. The molecule has 0 radical (unpaired) electrons. The van der Waals surface area contributed by atoms with Crippen molar-refractivity contribution in [1.29, 1.82) is 0 Å². The van der Waals surface area contributed by atoms with Gasteiger partial charge in [0, 0.05) is 48.8 Å². The van der Waals surface area contributed by atoms with E-state index in [-0.39, 0.29) is 0 Å². The first-order valence-corrected chi connectivity index (χ1v) is 8.98. The molecule has 1 amide bonds. The molecule has 1 N–H and O–H groups in total. The van der Waals surface area contributed by atoms with Crippen LogP contribution < -0.4 is 4.90 Å². The quantitative estimate of drug-likeness (QED) is 0.734. The Hall–Kier alpha value is -2.96. The Kier molecular flexibility index (Phi) is 3.41. The molecule has 3 aromatic rings. The minimum absolute atomic E-state index is 0.305. The largest absolute Gasteiger partial charge is 0.366 e. The molecule has 2 aliphatic rings. The average Bonchev–Trinajstić information content (AvgIpc) is 3.19. The average molecular weight is 348 g/mol. The minimum atomic E-state index is 0.305. The maximum atomic E-state index is 11.3. The molecule has 3 aromatic heterocycles. The van der Waals surface area contributed by atoms with Crippen LogP contribution in [0, 0.1) is 6.92 Å². The molecule has 2 atom stereocenters. The lowest BCUT2D eigenvalue weighted by Gasteiger charge is -2.40. The molecule has 0 spiro atoms. The summed E-state index contributed by atoms with van der Waals surface area (Å²) in [5, 5.41) is 0. The molecule has 26 heavy (non-hydrogen) atoms. The summed E-state index contributed by atoms with van der Waals surface area (Å²) in [5.41, 5.74) is 4.75. The highest BCUT2D eigenvalue weighted by atomic mass is 16.1. The number of nitrogens with one attached hydrogen (secondary N) is 1. The van der Waals surface area contributed by atoms with E-state index in [0.29, 0.717) is 12.1 Å². The smallest absolute Gasteiger partial charge is 0.210 e. The number of rotatable bonds is 3. The summed E-state index contributed by atoms with van der Waals surface area (Å²) in [6.07, 6.45) is 6.79. The molecule has 0 saturated carbocycles. The number of pyridine rings is 2. The van der Waals surface area contributed by atoms with Crippen molar-refractivity contribution in [2.24, 2.45) is 0 Å². The molecule has 132 valence electrons. The minimum Gasteiger partial charge on any atom is -0.366 e. The fourth-order valence-corrected chi connectivity index (χ4v) is 4.30. The van der Waals surface area contributed by atoms with Crippen molar-refractivity contribution in [3.8, 4) is 11.4 Å². The summed E-state index contributed by atoms with van der Waals surface area (Å²) in [5.74, 6) is 0.806. The Balaban J connectivity index is 1.54. The van der Waals surface area contributed by atoms with E-state index in [1.54, 1.807) is 6.20 Å². The van der Waals surface area contributed by atoms with Crippen LogP contribution in [-0.4, -0.2) is 56.4 Å². The van der Waals surface area contributed by atoms with Gasteiger partial charge in [0.05, 0.1) is 5.69 Å². The summed E-state index contributed by atoms with van der Waals surface area (Å²) < 4.78 is 0. The number of aryl methyl sites for hydroxylation is 1. The van der Waals surface area contributed by atoms with Gasteiger partial charge in [-0.05, 0) is 38.0 Å². The SMILES string of the molecule is Cc1cc(-c2nc3nccc(N4CC5CCC(C4)N5C=O)c3[nH]2)ccn1. The molecule has 7 nitrogen and oxygen atoms in total. The highest BCUT2D eigenvalue weighted by Crippen LogP contribution is 2.34. The zero-order valence-corrected chi connectivity index (χ0v) is 14.6. The van der Waals surface area contributed by atoms with Crippen molar-refractivity contribution in [3.63, 3.8) is 0 Å². The van der Waals surface area contributed by atoms with Crippen LogP contribution in [0.25, 0.3) is 22.6 Å². The molecule has 2 fully saturated rings. The van der Waals surface area contributed by atoms with Crippen molar-refractivity contribution >= 4 is 23.3 Å². The number of anilines is 1. The lowest BCUT2D eigenvalue weighted by Crippen LogP contribution is -2.53. The van der Waals surface area contributed by atoms with Gasteiger partial charge in [0.15, 0.2) is 5.65 Å². The number of piperazine rings is 1. The van der Waals surface area contributed by atoms with Crippen LogP contribution in [0.5, 0.6) is 0 Å². The number of aromatic amines is 1. The van der Waals surface area contributed by atoms with Crippen LogP contribution in [0.15, 0.2) is 30.6 Å². The summed E-state index contributed by atoms with van der Waals surface area (Å²) in [6.45, 7) is 3.69. The first-order valence-electron chi connectivity index (χ1n) is 8.98. The van der Waals surface area contributed by atoms with Gasteiger partial charge in [-0.2, -0.15) is 0 Å². The van der Waals surface area contributed by atoms with E-state index in [4.69, 9.17) is 0 Å². The third-order valence-electron chi connectivity index (χ3n) is 5.54. The Labute approximate surface area is 151 Å². The zero-order valence-electron chi connectivity index (χ0n) is 14.6.